The monoisotopic (exact) mass is 790 g/mol. The third kappa shape index (κ3) is 8.53. The first-order chi connectivity index (χ1) is 28.3. The Morgan fingerprint density at radius 2 is 1.55 bits per heavy atom. The molecule has 4 atom stereocenters. The van der Waals surface area contributed by atoms with Crippen molar-refractivity contribution in [1.29, 1.82) is 0 Å². The van der Waals surface area contributed by atoms with Gasteiger partial charge in [0.05, 0.1) is 44.2 Å². The number of hydrogen-bond acceptors (Lipinski definition) is 9. The van der Waals surface area contributed by atoms with Gasteiger partial charge < -0.3 is 24.0 Å². The molecule has 4 heterocycles. The fraction of sp³-hybridized carbons (Fsp3) is 0.364. The van der Waals surface area contributed by atoms with Crippen LogP contribution in [0.15, 0.2) is 121 Å². The van der Waals surface area contributed by atoms with E-state index >= 15 is 4.39 Å². The van der Waals surface area contributed by atoms with Crippen molar-refractivity contribution in [3.05, 3.63) is 149 Å². The molecule has 12 nitrogen and oxygen atoms in total. The molecule has 0 bridgehead atoms. The van der Waals surface area contributed by atoms with Crippen LogP contribution >= 0.6 is 0 Å². The van der Waals surface area contributed by atoms with Gasteiger partial charge in [-0.15, -0.1) is 0 Å². The summed E-state index contributed by atoms with van der Waals surface area (Å²) in [6.45, 7) is 8.91. The van der Waals surface area contributed by atoms with Crippen LogP contribution in [0.4, 0.5) is 20.2 Å². The van der Waals surface area contributed by atoms with Crippen LogP contribution in [0.3, 0.4) is 0 Å². The number of benzene rings is 4. The van der Waals surface area contributed by atoms with Gasteiger partial charge in [-0.05, 0) is 79.9 Å². The van der Waals surface area contributed by atoms with Crippen LogP contribution in [-0.2, 0) is 28.2 Å². The van der Waals surface area contributed by atoms with Gasteiger partial charge in [-0.3, -0.25) is 0 Å². The van der Waals surface area contributed by atoms with E-state index in [1.807, 2.05) is 68.4 Å². The Balaban J connectivity index is 0.828. The summed E-state index contributed by atoms with van der Waals surface area (Å²) in [6.07, 6.45) is 5.57. The zero-order chi connectivity index (χ0) is 40.1. The number of rotatable bonds is 15. The first kappa shape index (κ1) is 39.0. The van der Waals surface area contributed by atoms with Crippen molar-refractivity contribution in [3.8, 4) is 11.4 Å². The molecule has 2 aliphatic rings. The van der Waals surface area contributed by atoms with Gasteiger partial charge in [0.2, 0.25) is 0 Å². The van der Waals surface area contributed by atoms with Gasteiger partial charge in [0.15, 0.2) is 0 Å². The summed E-state index contributed by atoms with van der Waals surface area (Å²) in [7, 11) is 0. The second-order valence-corrected chi connectivity index (χ2v) is 15.1. The predicted octanol–water partition coefficient (Wildman–Crippen LogP) is 6.80. The minimum absolute atomic E-state index is 0.0128. The Bertz CT molecular complexity index is 2300. The fourth-order valence-corrected chi connectivity index (χ4v) is 8.14. The highest BCUT2D eigenvalue weighted by atomic mass is 19.1. The lowest BCUT2D eigenvalue weighted by Gasteiger charge is -2.37. The van der Waals surface area contributed by atoms with E-state index in [2.05, 4.69) is 49.2 Å². The molecule has 0 unspecified atom stereocenters. The van der Waals surface area contributed by atoms with Crippen LogP contribution < -0.4 is 20.2 Å². The predicted molar refractivity (Wildman–Crippen MR) is 216 cm³/mol. The maximum Gasteiger partial charge on any atom is 0.350 e. The second-order valence-electron chi connectivity index (χ2n) is 15.1. The van der Waals surface area contributed by atoms with Crippen LogP contribution in [0.2, 0.25) is 0 Å². The van der Waals surface area contributed by atoms with Gasteiger partial charge in [-0.2, -0.15) is 10.2 Å². The van der Waals surface area contributed by atoms with E-state index < -0.39 is 17.2 Å². The zero-order valence-corrected chi connectivity index (χ0v) is 32.7. The van der Waals surface area contributed by atoms with Crippen molar-refractivity contribution in [2.45, 2.75) is 57.6 Å². The Kier molecular flexibility index (Phi) is 11.6. The van der Waals surface area contributed by atoms with E-state index in [9.17, 15) is 9.18 Å². The van der Waals surface area contributed by atoms with Crippen molar-refractivity contribution in [1.82, 2.24) is 29.1 Å². The maximum absolute atomic E-state index is 15.0. The molecule has 0 N–H and O–H groups in total. The summed E-state index contributed by atoms with van der Waals surface area (Å²) in [5, 5.41) is 8.68. The average Bonchev–Trinajstić information content (AvgIpc) is 4.02. The largest absolute Gasteiger partial charge is 0.493 e. The molecule has 2 aliphatic heterocycles. The number of nitrogens with zero attached hydrogens (tertiary/aromatic N) is 8. The maximum atomic E-state index is 15.0. The minimum Gasteiger partial charge on any atom is -0.493 e. The van der Waals surface area contributed by atoms with Gasteiger partial charge in [-0.1, -0.05) is 43.3 Å². The molecule has 302 valence electrons. The summed E-state index contributed by atoms with van der Waals surface area (Å²) in [5.41, 5.74) is 3.16. The molecule has 2 aromatic heterocycles. The standard InChI is InChI=1S/C44H48F2N8O4/c1-3-42(32(2)56-25-33-7-5-4-6-8-33)54-43(55)53(31-49-54)38-12-10-36(11-13-38)50-19-21-51(22-20-50)37-14-16-39(17-15-37)57-26-34-24-44(58-27-34,28-52-30-47-29-48-52)40-18-9-35(45)23-41(40)46/h4-18,23,29-32,34,42H,3,19-22,24-28H2,1-2H3/t32-,34-,42+,44-/m1/s1. The molecule has 0 spiro atoms. The third-order valence-electron chi connectivity index (χ3n) is 11.3. The summed E-state index contributed by atoms with van der Waals surface area (Å²) in [4.78, 5) is 22.2. The summed E-state index contributed by atoms with van der Waals surface area (Å²) >= 11 is 0. The van der Waals surface area contributed by atoms with Gasteiger partial charge in [0.25, 0.3) is 0 Å². The Morgan fingerprint density at radius 1 is 0.862 bits per heavy atom. The average molecular weight is 791 g/mol. The van der Waals surface area contributed by atoms with E-state index in [1.165, 1.54) is 18.5 Å². The number of aromatic nitrogens is 6. The highest BCUT2D eigenvalue weighted by Crippen LogP contribution is 2.42. The van der Waals surface area contributed by atoms with Crippen molar-refractivity contribution in [3.63, 3.8) is 0 Å². The smallest absolute Gasteiger partial charge is 0.350 e. The summed E-state index contributed by atoms with van der Waals surface area (Å²) in [6, 6.07) is 29.6. The molecule has 2 fully saturated rings. The van der Waals surface area contributed by atoms with E-state index in [1.54, 1.807) is 26.6 Å². The molecule has 2 saturated heterocycles. The zero-order valence-electron chi connectivity index (χ0n) is 32.7. The lowest BCUT2D eigenvalue weighted by atomic mass is 9.87. The fourth-order valence-electron chi connectivity index (χ4n) is 8.14. The van der Waals surface area contributed by atoms with Crippen LogP contribution in [-0.4, -0.2) is 74.6 Å². The van der Waals surface area contributed by atoms with Crippen LogP contribution in [0.1, 0.15) is 43.9 Å². The van der Waals surface area contributed by atoms with Gasteiger partial charge in [0.1, 0.15) is 42.0 Å². The normalized spacial score (nSPS) is 19.3. The molecule has 0 saturated carbocycles. The van der Waals surface area contributed by atoms with E-state index in [-0.39, 0.29) is 30.3 Å². The molecule has 8 rings (SSSR count). The first-order valence-corrected chi connectivity index (χ1v) is 19.9. The van der Waals surface area contributed by atoms with Crippen molar-refractivity contribution < 1.29 is 23.0 Å². The van der Waals surface area contributed by atoms with Gasteiger partial charge >= 0.3 is 5.69 Å². The number of ether oxygens (including phenoxy) is 3. The molecule has 4 aromatic carbocycles. The lowest BCUT2D eigenvalue weighted by Crippen LogP contribution is -2.46. The molecular weight excluding hydrogens is 743 g/mol. The first-order valence-electron chi connectivity index (χ1n) is 19.9. The topological polar surface area (TPSA) is 105 Å². The van der Waals surface area contributed by atoms with Gasteiger partial charge in [-0.25, -0.2) is 32.5 Å². The van der Waals surface area contributed by atoms with E-state index in [4.69, 9.17) is 14.2 Å². The minimum atomic E-state index is -1.02. The molecule has 0 aliphatic carbocycles. The Labute approximate surface area is 336 Å². The lowest BCUT2D eigenvalue weighted by molar-refractivity contribution is -0.0206. The molecular formula is C44H48F2N8O4. The SMILES string of the molecule is CC[C@@H]([C@@H](C)OCc1ccccc1)n1ncn(-c2ccc(N3CCN(c4ccc(OC[C@@H]5CO[C@](Cn6cncn6)(c6ccc(F)cc6F)C5)cc4)CC3)cc2)c1=O. The van der Waals surface area contributed by atoms with Crippen molar-refractivity contribution in [2.24, 2.45) is 5.92 Å². The molecule has 58 heavy (non-hydrogen) atoms. The van der Waals surface area contributed by atoms with Crippen LogP contribution in [0.25, 0.3) is 5.69 Å². The summed E-state index contributed by atoms with van der Waals surface area (Å²) < 4.78 is 52.1. The quantitative estimate of drug-likeness (QED) is 0.111. The number of halogens is 2. The van der Waals surface area contributed by atoms with Crippen molar-refractivity contribution >= 4 is 11.4 Å². The molecule has 14 heteroatoms. The van der Waals surface area contributed by atoms with E-state index in [0.717, 1.165) is 60.6 Å². The molecule has 0 amide bonds. The van der Waals surface area contributed by atoms with Crippen molar-refractivity contribution in [2.75, 3.05) is 49.2 Å². The van der Waals surface area contributed by atoms with Gasteiger partial charge in [0, 0.05) is 55.1 Å². The highest BCUT2D eigenvalue weighted by molar-refractivity contribution is 5.54. The highest BCUT2D eigenvalue weighted by Gasteiger charge is 2.44. The molecule has 6 aromatic rings. The molecule has 0 radical (unpaired) electrons. The van der Waals surface area contributed by atoms with Crippen LogP contribution in [0.5, 0.6) is 5.75 Å². The van der Waals surface area contributed by atoms with Crippen LogP contribution in [0, 0.1) is 17.6 Å². The number of piperazine rings is 1. The number of hydrogen-bond donors (Lipinski definition) is 0. The summed E-state index contributed by atoms with van der Waals surface area (Å²) in [5.74, 6) is -0.555. The Hall–Kier alpha value is -5.86. The van der Waals surface area contributed by atoms with E-state index in [0.29, 0.717) is 38.2 Å². The third-order valence-corrected chi connectivity index (χ3v) is 11.3. The Morgan fingerprint density at radius 3 is 2.21 bits per heavy atom. The second kappa shape index (κ2) is 17.3. The number of anilines is 2.